The molecule has 0 radical (unpaired) electrons. The predicted molar refractivity (Wildman–Crippen MR) is 102 cm³/mol. The van der Waals surface area contributed by atoms with E-state index < -0.39 is 0 Å². The Labute approximate surface area is 160 Å². The third-order valence-electron chi connectivity index (χ3n) is 5.21. The summed E-state index contributed by atoms with van der Waals surface area (Å²) in [5.74, 6) is 2.66. The summed E-state index contributed by atoms with van der Waals surface area (Å²) in [6.45, 7) is 1.75. The standard InChI is InChI=1S/C17H19N11/c1-27-14-11(18)2-5-19-16(14)22-17(27)12-8-21-13(9-20-12)28-6-3-10(4-7-28)15-23-25-26-24-15/h2,5,8-10H,3-4,6-7H2,1H3,(H2,18,19)(H,23,24,25,26). The molecule has 0 saturated carbocycles. The summed E-state index contributed by atoms with van der Waals surface area (Å²) in [5, 5.41) is 14.4. The van der Waals surface area contributed by atoms with Gasteiger partial charge in [0.25, 0.3) is 0 Å². The van der Waals surface area contributed by atoms with Crippen LogP contribution in [0.2, 0.25) is 0 Å². The molecule has 0 amide bonds. The van der Waals surface area contributed by atoms with Crippen LogP contribution in [-0.2, 0) is 7.05 Å². The van der Waals surface area contributed by atoms with E-state index in [1.807, 2.05) is 11.6 Å². The third kappa shape index (κ3) is 2.71. The molecule has 1 fully saturated rings. The van der Waals surface area contributed by atoms with Gasteiger partial charge in [-0.05, 0) is 18.9 Å². The van der Waals surface area contributed by atoms with Gasteiger partial charge in [0, 0.05) is 32.3 Å². The number of fused-ring (bicyclic) bond motifs is 1. The second-order valence-electron chi connectivity index (χ2n) is 6.86. The number of rotatable bonds is 3. The largest absolute Gasteiger partial charge is 0.397 e. The van der Waals surface area contributed by atoms with E-state index in [0.29, 0.717) is 28.8 Å². The van der Waals surface area contributed by atoms with Crippen molar-refractivity contribution in [3.05, 3.63) is 30.5 Å². The van der Waals surface area contributed by atoms with Gasteiger partial charge < -0.3 is 15.2 Å². The number of piperidine rings is 1. The fraction of sp³-hybridized carbons (Fsp3) is 0.353. The van der Waals surface area contributed by atoms with Crippen LogP contribution in [0.5, 0.6) is 0 Å². The lowest BCUT2D eigenvalue weighted by Gasteiger charge is -2.31. The van der Waals surface area contributed by atoms with Crippen molar-refractivity contribution in [2.75, 3.05) is 23.7 Å². The molecule has 3 N–H and O–H groups in total. The minimum Gasteiger partial charge on any atom is -0.397 e. The summed E-state index contributed by atoms with van der Waals surface area (Å²) >= 11 is 0. The van der Waals surface area contributed by atoms with Gasteiger partial charge in [-0.1, -0.05) is 5.21 Å². The maximum atomic E-state index is 6.06. The third-order valence-corrected chi connectivity index (χ3v) is 5.21. The number of aromatic amines is 1. The lowest BCUT2D eigenvalue weighted by atomic mass is 9.96. The normalized spacial score (nSPS) is 15.4. The number of nitrogens with zero attached hydrogens (tertiary/aromatic N) is 9. The highest BCUT2D eigenvalue weighted by atomic mass is 15.5. The molecular weight excluding hydrogens is 358 g/mol. The molecule has 0 spiro atoms. The second kappa shape index (κ2) is 6.51. The second-order valence-corrected chi connectivity index (χ2v) is 6.86. The van der Waals surface area contributed by atoms with E-state index in [-0.39, 0.29) is 0 Å². The number of hydrogen-bond acceptors (Lipinski definition) is 9. The predicted octanol–water partition coefficient (Wildman–Crippen LogP) is 0.905. The molecule has 1 saturated heterocycles. The van der Waals surface area contributed by atoms with Crippen molar-refractivity contribution in [2.45, 2.75) is 18.8 Å². The summed E-state index contributed by atoms with van der Waals surface area (Å²) < 4.78 is 1.90. The van der Waals surface area contributed by atoms with Gasteiger partial charge in [-0.2, -0.15) is 5.21 Å². The van der Waals surface area contributed by atoms with Crippen LogP contribution >= 0.6 is 0 Å². The lowest BCUT2D eigenvalue weighted by Crippen LogP contribution is -2.33. The van der Waals surface area contributed by atoms with Crippen LogP contribution in [0.25, 0.3) is 22.7 Å². The number of imidazole rings is 1. The maximum absolute atomic E-state index is 6.06. The van der Waals surface area contributed by atoms with Crippen molar-refractivity contribution in [1.29, 1.82) is 0 Å². The number of nitrogen functional groups attached to an aromatic ring is 1. The molecule has 0 atom stereocenters. The Hall–Kier alpha value is -3.63. The summed E-state index contributed by atoms with van der Waals surface area (Å²) in [6.07, 6.45) is 7.11. The first-order valence-electron chi connectivity index (χ1n) is 9.08. The first-order valence-corrected chi connectivity index (χ1v) is 9.08. The highest BCUT2D eigenvalue weighted by Crippen LogP contribution is 2.28. The van der Waals surface area contributed by atoms with Gasteiger partial charge in [0.1, 0.15) is 17.0 Å². The fourth-order valence-corrected chi connectivity index (χ4v) is 3.70. The summed E-state index contributed by atoms with van der Waals surface area (Å²) in [4.78, 5) is 20.3. The molecule has 0 unspecified atom stereocenters. The molecule has 11 heteroatoms. The minimum absolute atomic E-state index is 0.334. The van der Waals surface area contributed by atoms with Gasteiger partial charge in [-0.15, -0.1) is 10.2 Å². The fourth-order valence-electron chi connectivity index (χ4n) is 3.70. The molecular formula is C17H19N11. The maximum Gasteiger partial charge on any atom is 0.180 e. The zero-order valence-electron chi connectivity index (χ0n) is 15.3. The van der Waals surface area contributed by atoms with Crippen molar-refractivity contribution in [3.63, 3.8) is 0 Å². The topological polar surface area (TPSA) is 140 Å². The number of anilines is 2. The van der Waals surface area contributed by atoms with E-state index in [0.717, 1.165) is 43.1 Å². The molecule has 4 aromatic rings. The average Bonchev–Trinajstić information content (AvgIpc) is 3.38. The van der Waals surface area contributed by atoms with Crippen LogP contribution in [0.4, 0.5) is 11.5 Å². The monoisotopic (exact) mass is 377 g/mol. The Bertz CT molecular complexity index is 1090. The zero-order valence-corrected chi connectivity index (χ0v) is 15.3. The summed E-state index contributed by atoms with van der Waals surface area (Å²) in [7, 11) is 1.90. The molecule has 4 aromatic heterocycles. The molecule has 1 aliphatic heterocycles. The highest BCUT2D eigenvalue weighted by Gasteiger charge is 2.24. The van der Waals surface area contributed by atoms with Gasteiger partial charge in [0.05, 0.1) is 18.1 Å². The van der Waals surface area contributed by atoms with Crippen LogP contribution in [0.15, 0.2) is 24.7 Å². The summed E-state index contributed by atoms with van der Waals surface area (Å²) in [5.41, 5.74) is 8.78. The van der Waals surface area contributed by atoms with E-state index in [4.69, 9.17) is 5.73 Å². The van der Waals surface area contributed by atoms with Gasteiger partial charge >= 0.3 is 0 Å². The quantitative estimate of drug-likeness (QED) is 0.533. The van der Waals surface area contributed by atoms with Crippen molar-refractivity contribution >= 4 is 22.7 Å². The molecule has 1 aliphatic rings. The Kier molecular flexibility index (Phi) is 3.85. The molecule has 142 valence electrons. The lowest BCUT2D eigenvalue weighted by molar-refractivity contribution is 0.483. The Morgan fingerprint density at radius 3 is 2.68 bits per heavy atom. The van der Waals surface area contributed by atoms with Crippen LogP contribution < -0.4 is 10.6 Å². The zero-order chi connectivity index (χ0) is 19.1. The van der Waals surface area contributed by atoms with E-state index in [1.165, 1.54) is 0 Å². The van der Waals surface area contributed by atoms with Gasteiger partial charge in [-0.3, -0.25) is 0 Å². The number of nitrogens with one attached hydrogen (secondary N) is 1. The van der Waals surface area contributed by atoms with Crippen LogP contribution in [0, 0.1) is 0 Å². The van der Waals surface area contributed by atoms with Crippen LogP contribution in [-0.4, -0.2) is 58.2 Å². The number of hydrogen-bond donors (Lipinski definition) is 2. The number of aryl methyl sites for hydroxylation is 1. The number of H-pyrrole nitrogens is 1. The van der Waals surface area contributed by atoms with Gasteiger partial charge in [0.15, 0.2) is 17.3 Å². The Morgan fingerprint density at radius 2 is 2.00 bits per heavy atom. The number of nitrogens with two attached hydrogens (primary N) is 1. The summed E-state index contributed by atoms with van der Waals surface area (Å²) in [6, 6.07) is 1.76. The SMILES string of the molecule is Cn1c(-c2cnc(N3CCC(c4nn[nH]n4)CC3)cn2)nc2nccc(N)c21. The number of tetrazole rings is 1. The first kappa shape index (κ1) is 16.5. The van der Waals surface area contributed by atoms with E-state index >= 15 is 0 Å². The van der Waals surface area contributed by atoms with Crippen molar-refractivity contribution in [2.24, 2.45) is 7.05 Å². The van der Waals surface area contributed by atoms with E-state index in [2.05, 4.69) is 45.5 Å². The van der Waals surface area contributed by atoms with Gasteiger partial charge in [-0.25, -0.2) is 19.9 Å². The first-order chi connectivity index (χ1) is 13.7. The smallest absolute Gasteiger partial charge is 0.180 e. The Balaban J connectivity index is 1.35. The number of pyridine rings is 1. The number of aromatic nitrogens is 9. The van der Waals surface area contributed by atoms with Crippen molar-refractivity contribution < 1.29 is 0 Å². The van der Waals surface area contributed by atoms with E-state index in [9.17, 15) is 0 Å². The highest BCUT2D eigenvalue weighted by molar-refractivity contribution is 5.87. The molecule has 5 heterocycles. The van der Waals surface area contributed by atoms with Crippen molar-refractivity contribution in [3.8, 4) is 11.5 Å². The molecule has 11 nitrogen and oxygen atoms in total. The average molecular weight is 377 g/mol. The molecule has 0 bridgehead atoms. The van der Waals surface area contributed by atoms with Crippen LogP contribution in [0.3, 0.4) is 0 Å². The molecule has 0 aliphatic carbocycles. The Morgan fingerprint density at radius 1 is 1.14 bits per heavy atom. The molecule has 28 heavy (non-hydrogen) atoms. The van der Waals surface area contributed by atoms with Gasteiger partial charge in [0.2, 0.25) is 0 Å². The van der Waals surface area contributed by atoms with Crippen molar-refractivity contribution in [1.82, 2.24) is 45.1 Å². The van der Waals surface area contributed by atoms with E-state index in [1.54, 1.807) is 24.7 Å². The minimum atomic E-state index is 0.334. The molecule has 0 aromatic carbocycles. The molecule has 5 rings (SSSR count). The van der Waals surface area contributed by atoms with Crippen LogP contribution in [0.1, 0.15) is 24.6 Å².